The van der Waals surface area contributed by atoms with Gasteiger partial charge in [-0.2, -0.15) is 0 Å². The van der Waals surface area contributed by atoms with Crippen LogP contribution in [0.3, 0.4) is 0 Å². The molecule has 0 aliphatic heterocycles. The molecule has 0 spiro atoms. The molecule has 28 heavy (non-hydrogen) atoms. The summed E-state index contributed by atoms with van der Waals surface area (Å²) in [5, 5.41) is 1.12. The minimum absolute atomic E-state index is 0.241. The molecule has 2 heterocycles. The van der Waals surface area contributed by atoms with Crippen molar-refractivity contribution in [1.29, 1.82) is 0 Å². The molecule has 0 unspecified atom stereocenters. The van der Waals surface area contributed by atoms with Crippen molar-refractivity contribution in [2.24, 2.45) is 5.92 Å². The Bertz CT molecular complexity index is 815. The maximum absolute atomic E-state index is 10.4. The molecule has 4 rings (SSSR count). The Labute approximate surface area is 170 Å². The molecule has 0 N–H and O–H groups in total. The van der Waals surface area contributed by atoms with Crippen molar-refractivity contribution in [3.05, 3.63) is 16.8 Å². The molecule has 2 aliphatic carbocycles. The van der Waals surface area contributed by atoms with Gasteiger partial charge in [0.15, 0.2) is 0 Å². The van der Waals surface area contributed by atoms with E-state index < -0.39 is 0 Å². The maximum atomic E-state index is 10.4. The van der Waals surface area contributed by atoms with Crippen LogP contribution in [-0.4, -0.2) is 54.2 Å². The predicted molar refractivity (Wildman–Crippen MR) is 110 cm³/mol. The highest BCUT2D eigenvalue weighted by molar-refractivity contribution is 7.18. The Morgan fingerprint density at radius 1 is 1.21 bits per heavy atom. The number of rotatable bonds is 7. The summed E-state index contributed by atoms with van der Waals surface area (Å²) in [6.45, 7) is 1.04. The lowest BCUT2D eigenvalue weighted by atomic mass is 9.85. The Morgan fingerprint density at radius 3 is 2.79 bits per heavy atom. The fraction of sp³-hybridized carbons (Fsp3) is 0.667. The van der Waals surface area contributed by atoms with Crippen LogP contribution >= 0.6 is 11.3 Å². The standard InChI is InChI=1S/C21H29N3O3S/c1-24(2)15-4-6-16(7-5-15)27-20-19-17-11-14(9-10-26-13-25)3-8-18(17)28-21(19)23-12-22-20/h12-16H,3-11H2,1-2H3/t14-,15?,16?/m1/s1. The van der Waals surface area contributed by atoms with Crippen molar-refractivity contribution in [1.82, 2.24) is 14.9 Å². The molecule has 0 amide bonds. The van der Waals surface area contributed by atoms with Gasteiger partial charge < -0.3 is 14.4 Å². The minimum atomic E-state index is 0.241. The zero-order valence-corrected chi connectivity index (χ0v) is 17.5. The van der Waals surface area contributed by atoms with E-state index >= 15 is 0 Å². The van der Waals surface area contributed by atoms with E-state index in [0.29, 0.717) is 25.0 Å². The normalized spacial score (nSPS) is 24.9. The number of thiophene rings is 1. The van der Waals surface area contributed by atoms with E-state index in [9.17, 15) is 4.79 Å². The van der Waals surface area contributed by atoms with Gasteiger partial charge in [-0.05, 0) is 76.9 Å². The van der Waals surface area contributed by atoms with Crippen LogP contribution < -0.4 is 4.74 Å². The molecule has 0 aromatic carbocycles. The smallest absolute Gasteiger partial charge is 0.293 e. The first-order chi connectivity index (χ1) is 13.7. The van der Waals surface area contributed by atoms with E-state index in [1.807, 2.05) is 0 Å². The highest BCUT2D eigenvalue weighted by Crippen LogP contribution is 2.41. The molecule has 0 bridgehead atoms. The maximum Gasteiger partial charge on any atom is 0.293 e. The SMILES string of the molecule is CN(C)C1CCC(Oc2ncnc3sc4c(c23)C[C@@H](CCOC=O)CC4)CC1. The van der Waals surface area contributed by atoms with Crippen LogP contribution in [0, 0.1) is 5.92 Å². The lowest BCUT2D eigenvalue weighted by Crippen LogP contribution is -2.35. The molecular weight excluding hydrogens is 374 g/mol. The second kappa shape index (κ2) is 8.74. The van der Waals surface area contributed by atoms with Gasteiger partial charge >= 0.3 is 0 Å². The first-order valence-corrected chi connectivity index (χ1v) is 11.1. The predicted octanol–water partition coefficient (Wildman–Crippen LogP) is 3.61. The van der Waals surface area contributed by atoms with Gasteiger partial charge in [-0.3, -0.25) is 4.79 Å². The Kier molecular flexibility index (Phi) is 6.11. The number of hydrogen-bond acceptors (Lipinski definition) is 7. The summed E-state index contributed by atoms with van der Waals surface area (Å²) in [6.07, 6.45) is 10.5. The van der Waals surface area contributed by atoms with Crippen LogP contribution in [0.1, 0.15) is 49.0 Å². The number of ether oxygens (including phenoxy) is 2. The molecule has 2 aliphatic rings. The van der Waals surface area contributed by atoms with Crippen LogP contribution in [0.4, 0.5) is 0 Å². The second-order valence-corrected chi connectivity index (χ2v) is 9.32. The van der Waals surface area contributed by atoms with Crippen LogP contribution in [-0.2, 0) is 22.4 Å². The summed E-state index contributed by atoms with van der Waals surface area (Å²) < 4.78 is 11.3. The Hall–Kier alpha value is -1.73. The molecule has 152 valence electrons. The van der Waals surface area contributed by atoms with Gasteiger partial charge in [-0.1, -0.05) is 0 Å². The van der Waals surface area contributed by atoms with E-state index in [0.717, 1.165) is 54.6 Å². The molecule has 1 fully saturated rings. The Morgan fingerprint density at radius 2 is 2.04 bits per heavy atom. The van der Waals surface area contributed by atoms with E-state index in [2.05, 4.69) is 29.0 Å². The van der Waals surface area contributed by atoms with Crippen LogP contribution in [0.2, 0.25) is 0 Å². The van der Waals surface area contributed by atoms with Crippen molar-refractivity contribution >= 4 is 28.0 Å². The lowest BCUT2D eigenvalue weighted by Gasteiger charge is -2.32. The summed E-state index contributed by atoms with van der Waals surface area (Å²) in [6, 6.07) is 0.661. The zero-order valence-electron chi connectivity index (χ0n) is 16.7. The number of nitrogens with zero attached hydrogens (tertiary/aromatic N) is 3. The van der Waals surface area contributed by atoms with Crippen molar-refractivity contribution in [3.8, 4) is 5.88 Å². The lowest BCUT2D eigenvalue weighted by molar-refractivity contribution is -0.129. The van der Waals surface area contributed by atoms with Crippen molar-refractivity contribution in [3.63, 3.8) is 0 Å². The molecule has 2 aromatic heterocycles. The fourth-order valence-electron chi connectivity index (χ4n) is 4.61. The second-order valence-electron chi connectivity index (χ2n) is 8.24. The number of aryl methyl sites for hydroxylation is 1. The van der Waals surface area contributed by atoms with Crippen molar-refractivity contribution < 1.29 is 14.3 Å². The largest absolute Gasteiger partial charge is 0.474 e. The van der Waals surface area contributed by atoms with Gasteiger partial charge in [-0.15, -0.1) is 11.3 Å². The first kappa shape index (κ1) is 19.6. The molecule has 0 saturated heterocycles. The summed E-state index contributed by atoms with van der Waals surface area (Å²) in [5.74, 6) is 1.30. The van der Waals surface area contributed by atoms with Crippen LogP contribution in [0.5, 0.6) is 5.88 Å². The summed E-state index contributed by atoms with van der Waals surface area (Å²) >= 11 is 1.79. The number of fused-ring (bicyclic) bond motifs is 3. The third kappa shape index (κ3) is 4.15. The number of aromatic nitrogens is 2. The van der Waals surface area contributed by atoms with E-state index in [1.54, 1.807) is 17.7 Å². The quantitative estimate of drug-likeness (QED) is 0.520. The first-order valence-electron chi connectivity index (χ1n) is 10.3. The summed E-state index contributed by atoms with van der Waals surface area (Å²) in [4.78, 5) is 24.3. The minimum Gasteiger partial charge on any atom is -0.474 e. The summed E-state index contributed by atoms with van der Waals surface area (Å²) in [7, 11) is 4.32. The number of carbonyl (C=O) groups excluding carboxylic acids is 1. The van der Waals surface area contributed by atoms with Gasteiger partial charge in [0.25, 0.3) is 6.47 Å². The van der Waals surface area contributed by atoms with Gasteiger partial charge in [-0.25, -0.2) is 9.97 Å². The average Bonchev–Trinajstić information content (AvgIpc) is 3.07. The van der Waals surface area contributed by atoms with Gasteiger partial charge in [0.1, 0.15) is 17.3 Å². The van der Waals surface area contributed by atoms with E-state index in [4.69, 9.17) is 9.47 Å². The van der Waals surface area contributed by atoms with E-state index in [1.165, 1.54) is 23.3 Å². The van der Waals surface area contributed by atoms with E-state index in [-0.39, 0.29) is 6.10 Å². The van der Waals surface area contributed by atoms with Crippen LogP contribution in [0.15, 0.2) is 6.33 Å². The molecule has 2 aromatic rings. The third-order valence-electron chi connectivity index (χ3n) is 6.27. The van der Waals surface area contributed by atoms with Crippen molar-refractivity contribution in [2.45, 2.75) is 63.5 Å². The summed E-state index contributed by atoms with van der Waals surface area (Å²) in [5.41, 5.74) is 1.36. The highest BCUT2D eigenvalue weighted by atomic mass is 32.1. The molecule has 1 saturated carbocycles. The number of hydrogen-bond donors (Lipinski definition) is 0. The van der Waals surface area contributed by atoms with Crippen LogP contribution in [0.25, 0.3) is 10.2 Å². The van der Waals surface area contributed by atoms with Gasteiger partial charge in [0, 0.05) is 10.9 Å². The van der Waals surface area contributed by atoms with Crippen molar-refractivity contribution in [2.75, 3.05) is 20.7 Å². The molecular formula is C21H29N3O3S. The van der Waals surface area contributed by atoms with Gasteiger partial charge in [0.2, 0.25) is 5.88 Å². The molecule has 1 atom stereocenters. The fourth-order valence-corrected chi connectivity index (χ4v) is 5.78. The molecule has 0 radical (unpaired) electrons. The Balaban J connectivity index is 1.51. The monoisotopic (exact) mass is 403 g/mol. The average molecular weight is 404 g/mol. The van der Waals surface area contributed by atoms with Gasteiger partial charge in [0.05, 0.1) is 12.0 Å². The highest BCUT2D eigenvalue weighted by Gasteiger charge is 2.28. The topological polar surface area (TPSA) is 64.6 Å². The molecule has 7 heteroatoms. The number of carbonyl (C=O) groups is 1. The zero-order chi connectivity index (χ0) is 19.5. The molecule has 6 nitrogen and oxygen atoms in total. The third-order valence-corrected chi connectivity index (χ3v) is 7.47.